The van der Waals surface area contributed by atoms with Gasteiger partial charge in [-0.1, -0.05) is 25.5 Å². The van der Waals surface area contributed by atoms with Crippen molar-refractivity contribution in [2.75, 3.05) is 11.9 Å². The number of carbonyl (C=O) groups excluding carboxylic acids is 1. The minimum absolute atomic E-state index is 0.0368. The molecule has 0 saturated carbocycles. The van der Waals surface area contributed by atoms with Crippen LogP contribution >= 0.6 is 0 Å². The van der Waals surface area contributed by atoms with Gasteiger partial charge >= 0.3 is 0 Å². The topological polar surface area (TPSA) is 64.9 Å². The summed E-state index contributed by atoms with van der Waals surface area (Å²) in [4.78, 5) is 12.3. The Bertz CT molecular complexity index is 533. The molecule has 1 aromatic rings. The SMILES string of the molecule is CCC1CCNC(C(=O)Nc2cccc(C)c2C#N)C1. The molecule has 0 radical (unpaired) electrons. The molecule has 1 aliphatic heterocycles. The molecule has 106 valence electrons. The third-order valence-electron chi connectivity index (χ3n) is 4.05. The number of aryl methyl sites for hydroxylation is 1. The Morgan fingerprint density at radius 2 is 2.35 bits per heavy atom. The molecule has 2 unspecified atom stereocenters. The van der Waals surface area contributed by atoms with Crippen molar-refractivity contribution >= 4 is 11.6 Å². The number of piperidine rings is 1. The zero-order chi connectivity index (χ0) is 14.5. The van der Waals surface area contributed by atoms with Crippen molar-refractivity contribution < 1.29 is 4.79 Å². The van der Waals surface area contributed by atoms with Gasteiger partial charge in [0, 0.05) is 0 Å². The third kappa shape index (κ3) is 3.17. The van der Waals surface area contributed by atoms with Gasteiger partial charge in [0.05, 0.1) is 17.3 Å². The Hall–Kier alpha value is -1.86. The van der Waals surface area contributed by atoms with Crippen LogP contribution in [-0.4, -0.2) is 18.5 Å². The van der Waals surface area contributed by atoms with Crippen molar-refractivity contribution in [3.63, 3.8) is 0 Å². The molecule has 0 aliphatic carbocycles. The molecule has 2 rings (SSSR count). The highest BCUT2D eigenvalue weighted by Gasteiger charge is 2.26. The van der Waals surface area contributed by atoms with E-state index in [1.54, 1.807) is 6.07 Å². The van der Waals surface area contributed by atoms with E-state index >= 15 is 0 Å². The van der Waals surface area contributed by atoms with E-state index in [0.29, 0.717) is 17.2 Å². The van der Waals surface area contributed by atoms with E-state index in [0.717, 1.165) is 31.4 Å². The molecular formula is C16H21N3O. The standard InChI is InChI=1S/C16H21N3O/c1-3-12-7-8-18-15(9-12)16(20)19-14-6-4-5-11(2)13(14)10-17/h4-6,12,15,18H,3,7-9H2,1-2H3,(H,19,20). The van der Waals surface area contributed by atoms with Crippen LogP contribution in [-0.2, 0) is 4.79 Å². The molecule has 1 heterocycles. The van der Waals surface area contributed by atoms with Crippen LogP contribution in [0, 0.1) is 24.2 Å². The first-order chi connectivity index (χ1) is 9.65. The normalized spacial score (nSPS) is 22.1. The van der Waals surface area contributed by atoms with Crippen LogP contribution in [0.4, 0.5) is 5.69 Å². The molecule has 1 aromatic carbocycles. The number of hydrogen-bond acceptors (Lipinski definition) is 3. The lowest BCUT2D eigenvalue weighted by Crippen LogP contribution is -2.46. The van der Waals surface area contributed by atoms with E-state index in [-0.39, 0.29) is 11.9 Å². The second-order valence-corrected chi connectivity index (χ2v) is 5.40. The highest BCUT2D eigenvalue weighted by atomic mass is 16.2. The zero-order valence-corrected chi connectivity index (χ0v) is 12.1. The van der Waals surface area contributed by atoms with Crippen LogP contribution in [0.15, 0.2) is 18.2 Å². The van der Waals surface area contributed by atoms with Crippen molar-refractivity contribution in [1.29, 1.82) is 5.26 Å². The van der Waals surface area contributed by atoms with Crippen molar-refractivity contribution in [1.82, 2.24) is 5.32 Å². The van der Waals surface area contributed by atoms with Crippen molar-refractivity contribution in [3.8, 4) is 6.07 Å². The molecule has 20 heavy (non-hydrogen) atoms. The van der Waals surface area contributed by atoms with Crippen LogP contribution in [0.2, 0.25) is 0 Å². The van der Waals surface area contributed by atoms with E-state index in [4.69, 9.17) is 0 Å². The predicted octanol–water partition coefficient (Wildman–Crippen LogP) is 2.58. The summed E-state index contributed by atoms with van der Waals surface area (Å²) < 4.78 is 0. The molecule has 1 amide bonds. The van der Waals surface area contributed by atoms with Gasteiger partial charge < -0.3 is 10.6 Å². The Kier molecular flexibility index (Phi) is 4.75. The van der Waals surface area contributed by atoms with E-state index in [1.807, 2.05) is 19.1 Å². The molecule has 4 heteroatoms. The predicted molar refractivity (Wildman–Crippen MR) is 79.3 cm³/mol. The molecule has 0 bridgehead atoms. The minimum atomic E-state index is -0.152. The molecule has 0 spiro atoms. The minimum Gasteiger partial charge on any atom is -0.324 e. The summed E-state index contributed by atoms with van der Waals surface area (Å²) in [5.74, 6) is 0.574. The van der Waals surface area contributed by atoms with E-state index < -0.39 is 0 Å². The molecule has 1 saturated heterocycles. The summed E-state index contributed by atoms with van der Waals surface area (Å²) in [7, 11) is 0. The lowest BCUT2D eigenvalue weighted by Gasteiger charge is -2.29. The second kappa shape index (κ2) is 6.53. The van der Waals surface area contributed by atoms with Gasteiger partial charge in [-0.15, -0.1) is 0 Å². The number of nitrogens with zero attached hydrogens (tertiary/aromatic N) is 1. The Morgan fingerprint density at radius 3 is 3.05 bits per heavy atom. The van der Waals surface area contributed by atoms with Crippen molar-refractivity contribution in [3.05, 3.63) is 29.3 Å². The molecule has 2 atom stereocenters. The Labute approximate surface area is 120 Å². The van der Waals surface area contributed by atoms with Crippen LogP contribution in [0.5, 0.6) is 0 Å². The first-order valence-electron chi connectivity index (χ1n) is 7.19. The second-order valence-electron chi connectivity index (χ2n) is 5.40. The number of carbonyl (C=O) groups is 1. The van der Waals surface area contributed by atoms with Crippen molar-refractivity contribution in [2.24, 2.45) is 5.92 Å². The summed E-state index contributed by atoms with van der Waals surface area (Å²) in [5.41, 5.74) is 2.04. The Morgan fingerprint density at radius 1 is 1.55 bits per heavy atom. The summed E-state index contributed by atoms with van der Waals surface area (Å²) in [5, 5.41) is 15.3. The van der Waals surface area contributed by atoms with Crippen LogP contribution in [0.25, 0.3) is 0 Å². The number of benzene rings is 1. The highest BCUT2D eigenvalue weighted by molar-refractivity contribution is 5.96. The summed E-state index contributed by atoms with van der Waals surface area (Å²) in [6, 6.07) is 7.52. The highest BCUT2D eigenvalue weighted by Crippen LogP contribution is 2.22. The molecule has 2 N–H and O–H groups in total. The summed E-state index contributed by atoms with van der Waals surface area (Å²) >= 11 is 0. The average Bonchev–Trinajstić information content (AvgIpc) is 2.47. The molecule has 1 fully saturated rings. The molecule has 4 nitrogen and oxygen atoms in total. The van der Waals surface area contributed by atoms with Gasteiger partial charge in [-0.05, 0) is 43.9 Å². The maximum atomic E-state index is 12.3. The van der Waals surface area contributed by atoms with E-state index in [9.17, 15) is 10.1 Å². The van der Waals surface area contributed by atoms with E-state index in [2.05, 4.69) is 23.6 Å². The van der Waals surface area contributed by atoms with Gasteiger partial charge in [0.2, 0.25) is 5.91 Å². The van der Waals surface area contributed by atoms with Gasteiger partial charge in [0.25, 0.3) is 0 Å². The van der Waals surface area contributed by atoms with Gasteiger partial charge in [0.1, 0.15) is 6.07 Å². The lowest BCUT2D eigenvalue weighted by molar-refractivity contribution is -0.119. The summed E-state index contributed by atoms with van der Waals surface area (Å²) in [6.07, 6.45) is 3.11. The maximum Gasteiger partial charge on any atom is 0.241 e. The summed E-state index contributed by atoms with van der Waals surface area (Å²) in [6.45, 7) is 4.93. The van der Waals surface area contributed by atoms with Crippen LogP contribution in [0.3, 0.4) is 0 Å². The number of anilines is 1. The van der Waals surface area contributed by atoms with Crippen molar-refractivity contribution in [2.45, 2.75) is 39.2 Å². The van der Waals surface area contributed by atoms with E-state index in [1.165, 1.54) is 0 Å². The van der Waals surface area contributed by atoms with Crippen LogP contribution in [0.1, 0.15) is 37.3 Å². The lowest BCUT2D eigenvalue weighted by atomic mass is 9.90. The number of rotatable bonds is 3. The third-order valence-corrected chi connectivity index (χ3v) is 4.05. The number of hydrogen-bond donors (Lipinski definition) is 2. The van der Waals surface area contributed by atoms with Crippen LogP contribution < -0.4 is 10.6 Å². The fraction of sp³-hybridized carbons (Fsp3) is 0.500. The maximum absolute atomic E-state index is 12.3. The van der Waals surface area contributed by atoms with Gasteiger partial charge in [-0.3, -0.25) is 4.79 Å². The quantitative estimate of drug-likeness (QED) is 0.888. The smallest absolute Gasteiger partial charge is 0.241 e. The number of nitrogens with one attached hydrogen (secondary N) is 2. The fourth-order valence-electron chi connectivity index (χ4n) is 2.71. The fourth-order valence-corrected chi connectivity index (χ4v) is 2.71. The van der Waals surface area contributed by atoms with Gasteiger partial charge in [0.15, 0.2) is 0 Å². The monoisotopic (exact) mass is 271 g/mol. The molecule has 1 aliphatic rings. The largest absolute Gasteiger partial charge is 0.324 e. The van der Waals surface area contributed by atoms with Gasteiger partial charge in [-0.25, -0.2) is 0 Å². The molecule has 0 aromatic heterocycles. The average molecular weight is 271 g/mol. The van der Waals surface area contributed by atoms with Gasteiger partial charge in [-0.2, -0.15) is 5.26 Å². The molecular weight excluding hydrogens is 250 g/mol. The number of amides is 1. The first kappa shape index (κ1) is 14.5. The number of nitriles is 1. The zero-order valence-electron chi connectivity index (χ0n) is 12.1. The first-order valence-corrected chi connectivity index (χ1v) is 7.19. The Balaban J connectivity index is 2.08.